The standard InChI is InChI=1S/C25H28Cl2N6O5/c1-25(2,3)38-24(36)32-18(8-9-37-4)14-10-15(12-29-11-14)31-22(34)19-21(28)30-13-33(23(19)35)20-16(26)6-5-7-17(20)27/h5-7,10-13,18H,8-9,28H2,1-4H3,(H,31,34)(H,32,36). The van der Waals surface area contributed by atoms with Crippen molar-refractivity contribution in [3.63, 3.8) is 0 Å². The molecule has 38 heavy (non-hydrogen) atoms. The zero-order chi connectivity index (χ0) is 28.0. The first-order valence-electron chi connectivity index (χ1n) is 11.5. The van der Waals surface area contributed by atoms with Crippen LogP contribution in [0.1, 0.15) is 49.2 Å². The molecular formula is C25H28Cl2N6O5. The van der Waals surface area contributed by atoms with E-state index in [1.54, 1.807) is 52.1 Å². The maximum absolute atomic E-state index is 13.2. The summed E-state index contributed by atoms with van der Waals surface area (Å²) in [5, 5.41) is 5.78. The minimum absolute atomic E-state index is 0.167. The van der Waals surface area contributed by atoms with Gasteiger partial charge in [0.2, 0.25) is 0 Å². The van der Waals surface area contributed by atoms with Gasteiger partial charge in [0.25, 0.3) is 11.5 Å². The molecule has 3 aromatic rings. The van der Waals surface area contributed by atoms with Crippen LogP contribution in [0, 0.1) is 0 Å². The predicted octanol–water partition coefficient (Wildman–Crippen LogP) is 4.37. The molecule has 1 unspecified atom stereocenters. The van der Waals surface area contributed by atoms with E-state index in [2.05, 4.69) is 20.6 Å². The van der Waals surface area contributed by atoms with Gasteiger partial charge in [-0.3, -0.25) is 19.1 Å². The first-order chi connectivity index (χ1) is 17.9. The molecule has 3 rings (SSSR count). The number of methoxy groups -OCH3 is 1. The van der Waals surface area contributed by atoms with Crippen molar-refractivity contribution in [1.82, 2.24) is 19.9 Å². The Morgan fingerprint density at radius 2 is 1.87 bits per heavy atom. The summed E-state index contributed by atoms with van der Waals surface area (Å²) >= 11 is 12.5. The second-order valence-electron chi connectivity index (χ2n) is 9.19. The van der Waals surface area contributed by atoms with E-state index in [1.807, 2.05) is 0 Å². The lowest BCUT2D eigenvalue weighted by Crippen LogP contribution is -2.35. The molecule has 0 aliphatic rings. The van der Waals surface area contributed by atoms with Gasteiger partial charge in [-0.25, -0.2) is 9.78 Å². The number of nitrogens with one attached hydrogen (secondary N) is 2. The van der Waals surface area contributed by atoms with Crippen LogP contribution in [0.5, 0.6) is 0 Å². The molecular weight excluding hydrogens is 535 g/mol. The molecule has 2 aromatic heterocycles. The minimum atomic E-state index is -0.815. The molecule has 0 spiro atoms. The first-order valence-corrected chi connectivity index (χ1v) is 12.2. The largest absolute Gasteiger partial charge is 0.444 e. The fourth-order valence-electron chi connectivity index (χ4n) is 3.48. The number of ether oxygens (including phenoxy) is 2. The number of carbonyl (C=O) groups excluding carboxylic acids is 2. The highest BCUT2D eigenvalue weighted by atomic mass is 35.5. The number of nitrogen functional groups attached to an aromatic ring is 1. The van der Waals surface area contributed by atoms with E-state index in [0.717, 1.165) is 10.9 Å². The van der Waals surface area contributed by atoms with Gasteiger partial charge < -0.3 is 25.8 Å². The Balaban J connectivity index is 1.90. The van der Waals surface area contributed by atoms with Crippen LogP contribution in [-0.2, 0) is 9.47 Å². The Hall–Kier alpha value is -3.67. The summed E-state index contributed by atoms with van der Waals surface area (Å²) in [5.41, 5.74) is 5.03. The van der Waals surface area contributed by atoms with Crippen LogP contribution >= 0.6 is 23.2 Å². The number of halogens is 2. The van der Waals surface area contributed by atoms with Gasteiger partial charge in [-0.2, -0.15) is 0 Å². The van der Waals surface area contributed by atoms with E-state index in [9.17, 15) is 14.4 Å². The summed E-state index contributed by atoms with van der Waals surface area (Å²) in [5.74, 6) is -1.09. The maximum Gasteiger partial charge on any atom is 0.408 e. The summed E-state index contributed by atoms with van der Waals surface area (Å²) in [6.45, 7) is 5.61. The highest BCUT2D eigenvalue weighted by Gasteiger charge is 2.23. The van der Waals surface area contributed by atoms with Crippen LogP contribution in [0.4, 0.5) is 16.3 Å². The number of anilines is 2. The lowest BCUT2D eigenvalue weighted by Gasteiger charge is -2.24. The molecule has 0 fully saturated rings. The molecule has 0 aliphatic heterocycles. The van der Waals surface area contributed by atoms with Crippen LogP contribution in [0.25, 0.3) is 5.69 Å². The van der Waals surface area contributed by atoms with Gasteiger partial charge in [0.05, 0.1) is 33.7 Å². The number of nitrogens with zero attached hydrogens (tertiary/aromatic N) is 3. The second kappa shape index (κ2) is 12.2. The van der Waals surface area contributed by atoms with E-state index < -0.39 is 34.8 Å². The number of benzene rings is 1. The number of carbonyl (C=O) groups is 2. The molecule has 0 bridgehead atoms. The molecule has 2 heterocycles. The third kappa shape index (κ3) is 7.21. The van der Waals surface area contributed by atoms with Gasteiger partial charge in [0.15, 0.2) is 0 Å². The van der Waals surface area contributed by atoms with Crippen molar-refractivity contribution >= 4 is 46.7 Å². The monoisotopic (exact) mass is 562 g/mol. The molecule has 13 heteroatoms. The van der Waals surface area contributed by atoms with Gasteiger partial charge in [-0.05, 0) is 51.0 Å². The molecule has 1 aromatic carbocycles. The summed E-state index contributed by atoms with van der Waals surface area (Å²) in [7, 11) is 1.54. The van der Waals surface area contributed by atoms with Crippen molar-refractivity contribution in [2.45, 2.75) is 38.8 Å². The SMILES string of the molecule is COCCC(NC(=O)OC(C)(C)C)c1cncc(NC(=O)c2c(N)ncn(-c3c(Cl)cccc3Cl)c2=O)c1. The van der Waals surface area contributed by atoms with Crippen LogP contribution in [0.3, 0.4) is 0 Å². The number of rotatable bonds is 8. The number of hydrogen-bond acceptors (Lipinski definition) is 8. The maximum atomic E-state index is 13.2. The number of amides is 2. The quantitative estimate of drug-likeness (QED) is 0.366. The average molecular weight is 563 g/mol. The molecule has 202 valence electrons. The fraction of sp³-hybridized carbons (Fsp3) is 0.320. The fourth-order valence-corrected chi connectivity index (χ4v) is 4.06. The molecule has 0 radical (unpaired) electrons. The zero-order valence-corrected chi connectivity index (χ0v) is 22.8. The van der Waals surface area contributed by atoms with Crippen LogP contribution < -0.4 is 21.9 Å². The van der Waals surface area contributed by atoms with Gasteiger partial charge >= 0.3 is 6.09 Å². The number of para-hydroxylation sites is 1. The van der Waals surface area contributed by atoms with E-state index in [0.29, 0.717) is 18.6 Å². The third-order valence-electron chi connectivity index (χ3n) is 5.13. The first kappa shape index (κ1) is 28.9. The Kier molecular flexibility index (Phi) is 9.31. The van der Waals surface area contributed by atoms with Gasteiger partial charge in [-0.15, -0.1) is 0 Å². The van der Waals surface area contributed by atoms with Crippen molar-refractivity contribution in [3.05, 3.63) is 74.5 Å². The normalized spacial score (nSPS) is 12.1. The number of pyridine rings is 1. The Labute approximate surface area is 229 Å². The summed E-state index contributed by atoms with van der Waals surface area (Å²) in [6.07, 6.45) is 3.87. The van der Waals surface area contributed by atoms with Crippen molar-refractivity contribution in [1.29, 1.82) is 0 Å². The molecule has 0 aliphatic carbocycles. The number of aromatic nitrogens is 3. The van der Waals surface area contributed by atoms with E-state index in [-0.39, 0.29) is 27.2 Å². The topological polar surface area (TPSA) is 150 Å². The second-order valence-corrected chi connectivity index (χ2v) is 10.0. The van der Waals surface area contributed by atoms with Crippen LogP contribution in [0.2, 0.25) is 10.0 Å². The predicted molar refractivity (Wildman–Crippen MR) is 145 cm³/mol. The van der Waals surface area contributed by atoms with Crippen molar-refractivity contribution < 1.29 is 19.1 Å². The summed E-state index contributed by atoms with van der Waals surface area (Å²) in [6, 6.07) is 5.80. The van der Waals surface area contributed by atoms with E-state index in [4.69, 9.17) is 38.4 Å². The van der Waals surface area contributed by atoms with Gasteiger partial charge in [0, 0.05) is 19.9 Å². The number of nitrogens with two attached hydrogens (primary N) is 1. The highest BCUT2D eigenvalue weighted by molar-refractivity contribution is 6.37. The van der Waals surface area contributed by atoms with Crippen molar-refractivity contribution in [2.24, 2.45) is 0 Å². The van der Waals surface area contributed by atoms with Crippen LogP contribution in [-0.4, -0.2) is 45.9 Å². The Morgan fingerprint density at radius 1 is 1.18 bits per heavy atom. The molecule has 0 saturated carbocycles. The lowest BCUT2D eigenvalue weighted by molar-refractivity contribution is 0.0492. The Bertz CT molecular complexity index is 1370. The Morgan fingerprint density at radius 3 is 2.50 bits per heavy atom. The smallest absolute Gasteiger partial charge is 0.408 e. The molecule has 11 nitrogen and oxygen atoms in total. The zero-order valence-electron chi connectivity index (χ0n) is 21.2. The van der Waals surface area contributed by atoms with Gasteiger partial charge in [-0.1, -0.05) is 29.3 Å². The number of alkyl carbamates (subject to hydrolysis) is 1. The third-order valence-corrected chi connectivity index (χ3v) is 5.74. The van der Waals surface area contributed by atoms with Crippen molar-refractivity contribution in [3.8, 4) is 5.69 Å². The van der Waals surface area contributed by atoms with Gasteiger partial charge in [0.1, 0.15) is 23.3 Å². The highest BCUT2D eigenvalue weighted by Crippen LogP contribution is 2.27. The molecule has 0 saturated heterocycles. The molecule has 4 N–H and O–H groups in total. The van der Waals surface area contributed by atoms with Crippen molar-refractivity contribution in [2.75, 3.05) is 24.8 Å². The summed E-state index contributed by atoms with van der Waals surface area (Å²) < 4.78 is 11.6. The van der Waals surface area contributed by atoms with Crippen LogP contribution in [0.15, 0.2) is 47.8 Å². The summed E-state index contributed by atoms with van der Waals surface area (Å²) in [4.78, 5) is 46.9. The number of hydrogen-bond donors (Lipinski definition) is 3. The molecule has 1 atom stereocenters. The lowest BCUT2D eigenvalue weighted by atomic mass is 10.1. The van der Waals surface area contributed by atoms with E-state index >= 15 is 0 Å². The average Bonchev–Trinajstić information content (AvgIpc) is 2.82. The molecule has 2 amide bonds. The minimum Gasteiger partial charge on any atom is -0.444 e. The van der Waals surface area contributed by atoms with E-state index in [1.165, 1.54) is 12.4 Å².